The topological polar surface area (TPSA) is 46.2 Å². The van der Waals surface area contributed by atoms with Crippen LogP contribution in [-0.4, -0.2) is 11.7 Å². The molecule has 5 heteroatoms. The number of hydrogen-bond acceptors (Lipinski definition) is 2. The summed E-state index contributed by atoms with van der Waals surface area (Å²) >= 11 is 11.5. The summed E-state index contributed by atoms with van der Waals surface area (Å²) in [6.07, 6.45) is 0. The Morgan fingerprint density at radius 1 is 1.38 bits per heavy atom. The van der Waals surface area contributed by atoms with Gasteiger partial charge in [-0.2, -0.15) is 0 Å². The van der Waals surface area contributed by atoms with Gasteiger partial charge in [0.05, 0.1) is 12.6 Å². The molecule has 0 aliphatic carbocycles. The van der Waals surface area contributed by atoms with Crippen molar-refractivity contribution < 1.29 is 5.11 Å². The van der Waals surface area contributed by atoms with Crippen LogP contribution in [0.3, 0.4) is 0 Å². The van der Waals surface area contributed by atoms with Gasteiger partial charge in [-0.05, 0) is 17.7 Å². The summed E-state index contributed by atoms with van der Waals surface area (Å²) in [6, 6.07) is 4.58. The van der Waals surface area contributed by atoms with E-state index in [1.807, 2.05) is 0 Å². The zero-order chi connectivity index (χ0) is 9.14. The van der Waals surface area contributed by atoms with E-state index in [-0.39, 0.29) is 19.0 Å². The molecule has 3 N–H and O–H groups in total. The van der Waals surface area contributed by atoms with Gasteiger partial charge >= 0.3 is 0 Å². The first-order valence-corrected chi connectivity index (χ1v) is 4.22. The number of aliphatic hydroxyl groups is 1. The minimum Gasteiger partial charge on any atom is -0.394 e. The molecule has 1 atom stereocenters. The maximum Gasteiger partial charge on any atom is 0.0624 e. The number of benzene rings is 1. The van der Waals surface area contributed by atoms with Gasteiger partial charge in [-0.15, -0.1) is 12.4 Å². The molecule has 1 rings (SSSR count). The van der Waals surface area contributed by atoms with Crippen LogP contribution in [0.5, 0.6) is 0 Å². The molecule has 0 amide bonds. The molecule has 1 aromatic rings. The Labute approximate surface area is 93.1 Å². The molecular weight excluding hydrogens is 232 g/mol. The Bertz CT molecular complexity index is 280. The van der Waals surface area contributed by atoms with Gasteiger partial charge in [-0.3, -0.25) is 0 Å². The van der Waals surface area contributed by atoms with E-state index in [0.717, 1.165) is 0 Å². The van der Waals surface area contributed by atoms with Crippen LogP contribution in [0.2, 0.25) is 10.0 Å². The molecule has 0 heterocycles. The molecule has 74 valence electrons. The smallest absolute Gasteiger partial charge is 0.0624 e. The second-order valence-electron chi connectivity index (χ2n) is 2.45. The van der Waals surface area contributed by atoms with E-state index in [0.29, 0.717) is 15.6 Å². The molecule has 1 unspecified atom stereocenters. The van der Waals surface area contributed by atoms with Gasteiger partial charge in [-0.1, -0.05) is 29.3 Å². The van der Waals surface area contributed by atoms with Gasteiger partial charge in [0, 0.05) is 10.0 Å². The van der Waals surface area contributed by atoms with E-state index in [4.69, 9.17) is 34.0 Å². The van der Waals surface area contributed by atoms with E-state index in [9.17, 15) is 0 Å². The summed E-state index contributed by atoms with van der Waals surface area (Å²) in [6.45, 7) is -0.124. The summed E-state index contributed by atoms with van der Waals surface area (Å²) in [5.41, 5.74) is 6.28. The number of hydrogen-bond donors (Lipinski definition) is 2. The van der Waals surface area contributed by atoms with Crippen molar-refractivity contribution in [2.24, 2.45) is 5.73 Å². The van der Waals surface area contributed by atoms with Gasteiger partial charge in [0.1, 0.15) is 0 Å². The van der Waals surface area contributed by atoms with Crippen molar-refractivity contribution in [3.63, 3.8) is 0 Å². The number of rotatable bonds is 2. The quantitative estimate of drug-likeness (QED) is 0.837. The van der Waals surface area contributed by atoms with E-state index < -0.39 is 6.04 Å². The van der Waals surface area contributed by atoms with Crippen LogP contribution in [0.25, 0.3) is 0 Å². The Morgan fingerprint density at radius 2 is 2.00 bits per heavy atom. The lowest BCUT2D eigenvalue weighted by Gasteiger charge is -2.10. The molecule has 2 nitrogen and oxygen atoms in total. The normalized spacial score (nSPS) is 12.0. The lowest BCUT2D eigenvalue weighted by molar-refractivity contribution is 0.268. The van der Waals surface area contributed by atoms with Gasteiger partial charge in [0.25, 0.3) is 0 Å². The van der Waals surface area contributed by atoms with Gasteiger partial charge in [0.2, 0.25) is 0 Å². The standard InChI is InChI=1S/C8H9Cl2NO.ClH/c9-5-1-2-6(7(10)3-5)8(11)4-12;/h1-3,8,12H,4,11H2;1H. The average Bonchev–Trinajstić information content (AvgIpc) is 2.03. The Balaban J connectivity index is 0.00000144. The lowest BCUT2D eigenvalue weighted by atomic mass is 10.1. The highest BCUT2D eigenvalue weighted by Crippen LogP contribution is 2.24. The SMILES string of the molecule is Cl.NC(CO)c1ccc(Cl)cc1Cl. The predicted octanol–water partition coefficient (Wildman–Crippen LogP) is 2.41. The van der Waals surface area contributed by atoms with Gasteiger partial charge in [-0.25, -0.2) is 0 Å². The molecule has 0 aliphatic heterocycles. The van der Waals surface area contributed by atoms with Gasteiger partial charge < -0.3 is 10.8 Å². The fourth-order valence-electron chi connectivity index (χ4n) is 0.901. The third-order valence-electron chi connectivity index (χ3n) is 1.56. The average molecular weight is 243 g/mol. The molecule has 0 bridgehead atoms. The molecule has 0 fully saturated rings. The Hall–Kier alpha value is 0.01000. The molecule has 13 heavy (non-hydrogen) atoms. The van der Waals surface area contributed by atoms with Crippen molar-refractivity contribution in [1.29, 1.82) is 0 Å². The summed E-state index contributed by atoms with van der Waals surface area (Å²) in [5.74, 6) is 0. The predicted molar refractivity (Wildman–Crippen MR) is 57.7 cm³/mol. The summed E-state index contributed by atoms with van der Waals surface area (Å²) in [5, 5.41) is 9.82. The monoisotopic (exact) mass is 241 g/mol. The first-order valence-electron chi connectivity index (χ1n) is 3.46. The molecule has 0 aromatic heterocycles. The van der Waals surface area contributed by atoms with E-state index in [1.54, 1.807) is 18.2 Å². The van der Waals surface area contributed by atoms with Crippen molar-refractivity contribution in [2.45, 2.75) is 6.04 Å². The largest absolute Gasteiger partial charge is 0.394 e. The second-order valence-corrected chi connectivity index (χ2v) is 3.30. The fraction of sp³-hybridized carbons (Fsp3) is 0.250. The maximum atomic E-state index is 8.77. The van der Waals surface area contributed by atoms with E-state index in [2.05, 4.69) is 0 Å². The fourth-order valence-corrected chi connectivity index (χ4v) is 1.45. The molecule has 1 aromatic carbocycles. The van der Waals surface area contributed by atoms with Crippen LogP contribution in [0.1, 0.15) is 11.6 Å². The van der Waals surface area contributed by atoms with Crippen LogP contribution in [0, 0.1) is 0 Å². The highest BCUT2D eigenvalue weighted by Gasteiger charge is 2.08. The summed E-state index contributed by atoms with van der Waals surface area (Å²) < 4.78 is 0. The van der Waals surface area contributed by atoms with Crippen molar-refractivity contribution in [2.75, 3.05) is 6.61 Å². The van der Waals surface area contributed by atoms with Gasteiger partial charge in [0.15, 0.2) is 0 Å². The minimum absolute atomic E-state index is 0. The Kier molecular flexibility index (Phi) is 5.68. The molecule has 0 saturated heterocycles. The third-order valence-corrected chi connectivity index (χ3v) is 2.12. The highest BCUT2D eigenvalue weighted by molar-refractivity contribution is 6.35. The lowest BCUT2D eigenvalue weighted by Crippen LogP contribution is -2.14. The third kappa shape index (κ3) is 3.33. The first-order chi connectivity index (χ1) is 5.65. The van der Waals surface area contributed by atoms with E-state index >= 15 is 0 Å². The Morgan fingerprint density at radius 3 is 2.46 bits per heavy atom. The van der Waals surface area contributed by atoms with Crippen LogP contribution in [-0.2, 0) is 0 Å². The number of halogens is 3. The zero-order valence-corrected chi connectivity index (χ0v) is 9.03. The second kappa shape index (κ2) is 5.68. The highest BCUT2D eigenvalue weighted by atomic mass is 35.5. The minimum atomic E-state index is -0.435. The first kappa shape index (κ1) is 13.0. The molecule has 0 radical (unpaired) electrons. The van der Waals surface area contributed by atoms with Crippen LogP contribution in [0.4, 0.5) is 0 Å². The summed E-state index contributed by atoms with van der Waals surface area (Å²) in [4.78, 5) is 0. The molecule has 0 aliphatic rings. The van der Waals surface area contributed by atoms with Crippen LogP contribution >= 0.6 is 35.6 Å². The van der Waals surface area contributed by atoms with Crippen molar-refractivity contribution in [3.8, 4) is 0 Å². The molecule has 0 spiro atoms. The van der Waals surface area contributed by atoms with Crippen molar-refractivity contribution in [3.05, 3.63) is 33.8 Å². The van der Waals surface area contributed by atoms with Crippen LogP contribution < -0.4 is 5.73 Å². The number of aliphatic hydroxyl groups excluding tert-OH is 1. The number of nitrogens with two attached hydrogens (primary N) is 1. The zero-order valence-electron chi connectivity index (χ0n) is 6.71. The summed E-state index contributed by atoms with van der Waals surface area (Å²) in [7, 11) is 0. The van der Waals surface area contributed by atoms with Crippen molar-refractivity contribution >= 4 is 35.6 Å². The molecule has 0 saturated carbocycles. The van der Waals surface area contributed by atoms with Crippen LogP contribution in [0.15, 0.2) is 18.2 Å². The maximum absolute atomic E-state index is 8.77. The van der Waals surface area contributed by atoms with E-state index in [1.165, 1.54) is 0 Å². The van der Waals surface area contributed by atoms with Crippen molar-refractivity contribution in [1.82, 2.24) is 0 Å². The molecular formula is C8H10Cl3NO.